The molecule has 0 bridgehead atoms. The third-order valence-electron chi connectivity index (χ3n) is 4.81. The predicted octanol–water partition coefficient (Wildman–Crippen LogP) is 1.22. The maximum absolute atomic E-state index is 12.5. The number of nitrogens with one attached hydrogen (secondary N) is 1. The van der Waals surface area contributed by atoms with Crippen LogP contribution in [0, 0.1) is 5.92 Å². The van der Waals surface area contributed by atoms with E-state index in [9.17, 15) is 8.42 Å². The molecule has 1 aromatic carbocycles. The second-order valence-corrected chi connectivity index (χ2v) is 8.01. The highest BCUT2D eigenvalue weighted by atomic mass is 32.2. The van der Waals surface area contributed by atoms with Gasteiger partial charge in [-0.05, 0) is 43.0 Å². The van der Waals surface area contributed by atoms with Crippen LogP contribution < -0.4 is 4.72 Å². The third kappa shape index (κ3) is 3.51. The Morgan fingerprint density at radius 3 is 2.73 bits per heavy atom. The van der Waals surface area contributed by atoms with Gasteiger partial charge in [0.25, 0.3) is 10.2 Å². The molecule has 1 fully saturated rings. The van der Waals surface area contributed by atoms with Crippen molar-refractivity contribution in [3.8, 4) is 0 Å². The molecule has 2 heterocycles. The topological polar surface area (TPSA) is 52.7 Å². The molecule has 1 saturated heterocycles. The van der Waals surface area contributed by atoms with Crippen LogP contribution in [0.3, 0.4) is 0 Å². The maximum Gasteiger partial charge on any atom is 0.279 e. The third-order valence-corrected chi connectivity index (χ3v) is 6.33. The second-order valence-electron chi connectivity index (χ2n) is 6.25. The molecule has 122 valence electrons. The van der Waals surface area contributed by atoms with Gasteiger partial charge in [-0.2, -0.15) is 12.7 Å². The van der Waals surface area contributed by atoms with E-state index in [1.54, 1.807) is 4.31 Å². The number of fused-ring (bicyclic) bond motifs is 1. The fraction of sp³-hybridized carbons (Fsp3) is 0.625. The Hall–Kier alpha value is -0.950. The highest BCUT2D eigenvalue weighted by Crippen LogP contribution is 2.21. The fourth-order valence-electron chi connectivity index (χ4n) is 3.36. The smallest absolute Gasteiger partial charge is 0.279 e. The van der Waals surface area contributed by atoms with Gasteiger partial charge in [-0.25, -0.2) is 4.72 Å². The van der Waals surface area contributed by atoms with Crippen LogP contribution in [-0.4, -0.2) is 50.3 Å². The van der Waals surface area contributed by atoms with Gasteiger partial charge < -0.3 is 4.90 Å². The van der Waals surface area contributed by atoms with E-state index in [1.807, 2.05) is 18.2 Å². The number of hydrogen-bond acceptors (Lipinski definition) is 3. The number of likely N-dealkylation sites (tertiary alicyclic amines) is 1. The average molecular weight is 323 g/mol. The predicted molar refractivity (Wildman–Crippen MR) is 87.7 cm³/mol. The molecular formula is C16H25N3O2S. The molecule has 2 aliphatic heterocycles. The van der Waals surface area contributed by atoms with Crippen molar-refractivity contribution in [1.82, 2.24) is 13.9 Å². The Morgan fingerprint density at radius 2 is 2.00 bits per heavy atom. The SMILES string of the molecule is CCN1CCC(CNS(=O)(=O)N2CCc3ccccc3C2)C1. The van der Waals surface area contributed by atoms with E-state index < -0.39 is 10.2 Å². The minimum Gasteiger partial charge on any atom is -0.303 e. The summed E-state index contributed by atoms with van der Waals surface area (Å²) < 4.78 is 29.4. The van der Waals surface area contributed by atoms with Crippen LogP contribution in [-0.2, 0) is 23.2 Å². The van der Waals surface area contributed by atoms with Crippen molar-refractivity contribution < 1.29 is 8.42 Å². The molecule has 22 heavy (non-hydrogen) atoms. The van der Waals surface area contributed by atoms with Crippen LogP contribution >= 0.6 is 0 Å². The van der Waals surface area contributed by atoms with Gasteiger partial charge in [0, 0.05) is 26.2 Å². The van der Waals surface area contributed by atoms with Gasteiger partial charge in [-0.3, -0.25) is 0 Å². The van der Waals surface area contributed by atoms with E-state index in [-0.39, 0.29) is 0 Å². The number of hydrogen-bond donors (Lipinski definition) is 1. The summed E-state index contributed by atoms with van der Waals surface area (Å²) in [6.07, 6.45) is 1.88. The average Bonchev–Trinajstić information content (AvgIpc) is 3.01. The maximum atomic E-state index is 12.5. The summed E-state index contributed by atoms with van der Waals surface area (Å²) in [6, 6.07) is 8.10. The first-order valence-electron chi connectivity index (χ1n) is 8.12. The Labute approximate surface area is 133 Å². The van der Waals surface area contributed by atoms with E-state index in [0.717, 1.165) is 38.0 Å². The lowest BCUT2D eigenvalue weighted by Crippen LogP contribution is -2.44. The molecule has 1 atom stereocenters. The van der Waals surface area contributed by atoms with E-state index >= 15 is 0 Å². The molecule has 0 saturated carbocycles. The molecule has 0 aliphatic carbocycles. The first-order valence-corrected chi connectivity index (χ1v) is 9.56. The molecular weight excluding hydrogens is 298 g/mol. The van der Waals surface area contributed by atoms with Crippen molar-refractivity contribution in [3.63, 3.8) is 0 Å². The van der Waals surface area contributed by atoms with Gasteiger partial charge in [0.05, 0.1) is 0 Å². The van der Waals surface area contributed by atoms with Crippen LogP contribution in [0.5, 0.6) is 0 Å². The van der Waals surface area contributed by atoms with Gasteiger partial charge in [0.1, 0.15) is 0 Å². The molecule has 1 unspecified atom stereocenters. The highest BCUT2D eigenvalue weighted by Gasteiger charge is 2.28. The van der Waals surface area contributed by atoms with E-state index in [1.165, 1.54) is 5.56 Å². The van der Waals surface area contributed by atoms with Crippen molar-refractivity contribution in [1.29, 1.82) is 0 Å². The first kappa shape index (κ1) is 15.9. The van der Waals surface area contributed by atoms with Gasteiger partial charge in [-0.1, -0.05) is 31.2 Å². The monoisotopic (exact) mass is 323 g/mol. The van der Waals surface area contributed by atoms with Gasteiger partial charge in [-0.15, -0.1) is 0 Å². The molecule has 6 heteroatoms. The Morgan fingerprint density at radius 1 is 1.23 bits per heavy atom. The van der Waals surface area contributed by atoms with Crippen molar-refractivity contribution >= 4 is 10.2 Å². The highest BCUT2D eigenvalue weighted by molar-refractivity contribution is 7.87. The molecule has 0 spiro atoms. The molecule has 3 rings (SSSR count). The Kier molecular flexibility index (Phi) is 4.82. The molecule has 0 radical (unpaired) electrons. The van der Waals surface area contributed by atoms with Crippen LogP contribution in [0.2, 0.25) is 0 Å². The fourth-order valence-corrected chi connectivity index (χ4v) is 4.63. The van der Waals surface area contributed by atoms with Crippen LogP contribution in [0.4, 0.5) is 0 Å². The molecule has 1 aromatic rings. The summed E-state index contributed by atoms with van der Waals surface area (Å²) in [5.41, 5.74) is 2.39. The van der Waals surface area contributed by atoms with Crippen molar-refractivity contribution in [2.24, 2.45) is 5.92 Å². The lowest BCUT2D eigenvalue weighted by Gasteiger charge is -2.28. The van der Waals surface area contributed by atoms with Crippen LogP contribution in [0.15, 0.2) is 24.3 Å². The molecule has 0 amide bonds. The lowest BCUT2D eigenvalue weighted by molar-refractivity contribution is 0.339. The second kappa shape index (κ2) is 6.66. The summed E-state index contributed by atoms with van der Waals surface area (Å²) in [5, 5.41) is 0. The van der Waals surface area contributed by atoms with E-state index in [0.29, 0.717) is 25.6 Å². The minimum absolute atomic E-state index is 0.437. The van der Waals surface area contributed by atoms with E-state index in [2.05, 4.69) is 22.6 Å². The molecule has 1 N–H and O–H groups in total. The summed E-state index contributed by atoms with van der Waals surface area (Å²) in [5.74, 6) is 0.437. The Bertz CT molecular complexity index is 618. The summed E-state index contributed by atoms with van der Waals surface area (Å²) in [7, 11) is -3.37. The summed E-state index contributed by atoms with van der Waals surface area (Å²) >= 11 is 0. The standard InChI is InChI=1S/C16H25N3O2S/c1-2-18-9-7-14(12-18)11-17-22(20,21)19-10-8-15-5-3-4-6-16(15)13-19/h3-6,14,17H,2,7-13H2,1H3. The molecule has 5 nitrogen and oxygen atoms in total. The van der Waals surface area contributed by atoms with Gasteiger partial charge in [0.15, 0.2) is 0 Å². The first-order chi connectivity index (χ1) is 10.6. The zero-order valence-corrected chi connectivity index (χ0v) is 14.0. The van der Waals surface area contributed by atoms with Crippen LogP contribution in [0.1, 0.15) is 24.5 Å². The number of nitrogens with zero attached hydrogens (tertiary/aromatic N) is 2. The molecule has 0 aromatic heterocycles. The zero-order chi connectivity index (χ0) is 15.6. The number of benzene rings is 1. The lowest BCUT2D eigenvalue weighted by atomic mass is 10.0. The number of rotatable bonds is 5. The molecule has 2 aliphatic rings. The van der Waals surface area contributed by atoms with Crippen molar-refractivity contribution in [3.05, 3.63) is 35.4 Å². The van der Waals surface area contributed by atoms with Crippen molar-refractivity contribution in [2.45, 2.75) is 26.3 Å². The van der Waals surface area contributed by atoms with Crippen molar-refractivity contribution in [2.75, 3.05) is 32.7 Å². The largest absolute Gasteiger partial charge is 0.303 e. The summed E-state index contributed by atoms with van der Waals surface area (Å²) in [6.45, 7) is 6.89. The van der Waals surface area contributed by atoms with Gasteiger partial charge in [0.2, 0.25) is 0 Å². The quantitative estimate of drug-likeness (QED) is 0.886. The van der Waals surface area contributed by atoms with E-state index in [4.69, 9.17) is 0 Å². The minimum atomic E-state index is -3.37. The van der Waals surface area contributed by atoms with Crippen LogP contribution in [0.25, 0.3) is 0 Å². The zero-order valence-electron chi connectivity index (χ0n) is 13.2. The van der Waals surface area contributed by atoms with Gasteiger partial charge >= 0.3 is 0 Å². The Balaban J connectivity index is 1.58. The normalized spacial score (nSPS) is 23.6. The summed E-state index contributed by atoms with van der Waals surface area (Å²) in [4.78, 5) is 2.37.